The van der Waals surface area contributed by atoms with Gasteiger partial charge in [-0.2, -0.15) is 10.4 Å². The zero-order chi connectivity index (χ0) is 15.5. The third-order valence-corrected chi connectivity index (χ3v) is 4.11. The van der Waals surface area contributed by atoms with Crippen LogP contribution in [0.4, 0.5) is 5.69 Å². The normalized spacial score (nSPS) is 16.7. The van der Waals surface area contributed by atoms with Gasteiger partial charge in [-0.3, -0.25) is 15.8 Å². The van der Waals surface area contributed by atoms with Crippen LogP contribution in [0.15, 0.2) is 39.8 Å². The number of thioether (sulfide) groups is 1. The minimum atomic E-state index is -0.361. The van der Waals surface area contributed by atoms with Crippen LogP contribution in [0.2, 0.25) is 0 Å². The summed E-state index contributed by atoms with van der Waals surface area (Å²) in [6.07, 6.45) is 0. The van der Waals surface area contributed by atoms with Crippen LogP contribution in [0.1, 0.15) is 5.56 Å². The van der Waals surface area contributed by atoms with Crippen molar-refractivity contribution in [2.24, 2.45) is 15.8 Å². The van der Waals surface area contributed by atoms with Gasteiger partial charge in [-0.1, -0.05) is 23.9 Å². The van der Waals surface area contributed by atoms with Gasteiger partial charge in [0.25, 0.3) is 0 Å². The molecule has 0 radical (unpaired) electrons. The maximum Gasteiger partial charge on any atom is 0.201 e. The van der Waals surface area contributed by atoms with Gasteiger partial charge in [0.1, 0.15) is 6.07 Å². The number of nitrogens with zero attached hydrogens (tertiary/aromatic N) is 4. The fourth-order valence-electron chi connectivity index (χ4n) is 2.13. The summed E-state index contributed by atoms with van der Waals surface area (Å²) < 4.78 is 0. The lowest BCUT2D eigenvalue weighted by Crippen LogP contribution is -2.21. The number of hydrogen-bond acceptors (Lipinski definition) is 7. The van der Waals surface area contributed by atoms with E-state index < -0.39 is 0 Å². The molecule has 2 aliphatic rings. The molecule has 0 fully saturated rings. The Balaban J connectivity index is 1.73. The standard InChI is InChI=1S/C14H13N7S/c15-7-11(13(16)17)20-19-10-3-1-9(2-4-10)12-8-22-14-18-5-6-21(12)14/h1-4,8,19H,5-6H2,(H3,16,17)/b20-11+. The quantitative estimate of drug-likeness (QED) is 0.444. The maximum absolute atomic E-state index is 8.78. The average Bonchev–Trinajstić information content (AvgIpc) is 3.11. The predicted molar refractivity (Wildman–Crippen MR) is 89.6 cm³/mol. The van der Waals surface area contributed by atoms with Crippen LogP contribution in [0.5, 0.6) is 0 Å². The van der Waals surface area contributed by atoms with Crippen LogP contribution >= 0.6 is 11.8 Å². The summed E-state index contributed by atoms with van der Waals surface area (Å²) in [6, 6.07) is 9.45. The summed E-state index contributed by atoms with van der Waals surface area (Å²) in [6.45, 7) is 1.76. The second-order valence-electron chi connectivity index (χ2n) is 4.61. The molecule has 110 valence electrons. The molecular weight excluding hydrogens is 298 g/mol. The van der Waals surface area contributed by atoms with Gasteiger partial charge in [0.05, 0.1) is 17.9 Å². The summed E-state index contributed by atoms with van der Waals surface area (Å²) in [5.74, 6) is -0.361. The highest BCUT2D eigenvalue weighted by Crippen LogP contribution is 2.35. The van der Waals surface area contributed by atoms with Gasteiger partial charge < -0.3 is 10.6 Å². The van der Waals surface area contributed by atoms with Gasteiger partial charge in [0.15, 0.2) is 11.0 Å². The lowest BCUT2D eigenvalue weighted by molar-refractivity contribution is 0.650. The highest BCUT2D eigenvalue weighted by Gasteiger charge is 2.26. The van der Waals surface area contributed by atoms with E-state index in [-0.39, 0.29) is 11.5 Å². The van der Waals surface area contributed by atoms with E-state index in [0.717, 1.165) is 35.2 Å². The van der Waals surface area contributed by atoms with Crippen molar-refractivity contribution in [3.8, 4) is 6.07 Å². The number of rotatable bonds is 4. The Labute approximate surface area is 131 Å². The third-order valence-electron chi connectivity index (χ3n) is 3.21. The van der Waals surface area contributed by atoms with Crippen molar-refractivity contribution in [3.05, 3.63) is 35.2 Å². The SMILES string of the molecule is N#C/C(=N\Nc1ccc(C2=CSC3=NCCN23)cc1)C(=N)N. The van der Waals surface area contributed by atoms with Crippen molar-refractivity contribution in [3.63, 3.8) is 0 Å². The van der Waals surface area contributed by atoms with Crippen molar-refractivity contribution >= 4 is 39.9 Å². The van der Waals surface area contributed by atoms with Crippen molar-refractivity contribution in [2.45, 2.75) is 0 Å². The van der Waals surface area contributed by atoms with Crippen molar-refractivity contribution in [2.75, 3.05) is 18.5 Å². The number of nitrogens with one attached hydrogen (secondary N) is 2. The van der Waals surface area contributed by atoms with E-state index in [1.165, 1.54) is 0 Å². The Kier molecular flexibility index (Phi) is 3.80. The first-order valence-electron chi connectivity index (χ1n) is 6.56. The molecule has 0 aromatic heterocycles. The molecule has 0 unspecified atom stereocenters. The molecule has 0 atom stereocenters. The van der Waals surface area contributed by atoms with Crippen LogP contribution in [-0.4, -0.2) is 34.7 Å². The number of aliphatic imine (C=N–C) groups is 1. The van der Waals surface area contributed by atoms with E-state index in [9.17, 15) is 0 Å². The number of nitrogens with two attached hydrogens (primary N) is 1. The summed E-state index contributed by atoms with van der Waals surface area (Å²) in [5.41, 5.74) is 10.8. The van der Waals surface area contributed by atoms with E-state index >= 15 is 0 Å². The van der Waals surface area contributed by atoms with E-state index in [2.05, 4.69) is 25.8 Å². The van der Waals surface area contributed by atoms with E-state index in [1.54, 1.807) is 17.8 Å². The molecule has 2 aliphatic heterocycles. The number of nitriles is 1. The fraction of sp³-hybridized carbons (Fsp3) is 0.143. The maximum atomic E-state index is 8.78. The lowest BCUT2D eigenvalue weighted by Gasteiger charge is -2.16. The summed E-state index contributed by atoms with van der Waals surface area (Å²) in [4.78, 5) is 6.63. The van der Waals surface area contributed by atoms with Crippen molar-refractivity contribution in [1.82, 2.24) is 4.90 Å². The van der Waals surface area contributed by atoms with Gasteiger partial charge in [-0.15, -0.1) is 0 Å². The Bertz CT molecular complexity index is 739. The van der Waals surface area contributed by atoms with Gasteiger partial charge in [-0.25, -0.2) is 0 Å². The third kappa shape index (κ3) is 2.66. The largest absolute Gasteiger partial charge is 0.382 e. The number of benzene rings is 1. The highest BCUT2D eigenvalue weighted by atomic mass is 32.2. The molecule has 22 heavy (non-hydrogen) atoms. The number of hydrogen-bond donors (Lipinski definition) is 3. The first-order valence-corrected chi connectivity index (χ1v) is 7.44. The van der Waals surface area contributed by atoms with Crippen LogP contribution in [-0.2, 0) is 0 Å². The Morgan fingerprint density at radius 3 is 2.91 bits per heavy atom. The molecule has 0 saturated heterocycles. The van der Waals surface area contributed by atoms with E-state index in [0.29, 0.717) is 0 Å². The van der Waals surface area contributed by atoms with Gasteiger partial charge >= 0.3 is 0 Å². The van der Waals surface area contributed by atoms with E-state index in [1.807, 2.05) is 24.3 Å². The Morgan fingerprint density at radius 2 is 2.23 bits per heavy atom. The van der Waals surface area contributed by atoms with Crippen molar-refractivity contribution < 1.29 is 0 Å². The molecule has 7 nitrogen and oxygen atoms in total. The fourth-order valence-corrected chi connectivity index (χ4v) is 3.09. The summed E-state index contributed by atoms with van der Waals surface area (Å²) in [5, 5.41) is 22.9. The Morgan fingerprint density at radius 1 is 1.45 bits per heavy atom. The van der Waals surface area contributed by atoms with Gasteiger partial charge in [0, 0.05) is 12.0 Å². The molecule has 8 heteroatoms. The minimum Gasteiger partial charge on any atom is -0.382 e. The molecular formula is C14H13N7S. The molecule has 0 saturated carbocycles. The molecule has 0 bridgehead atoms. The topological polar surface area (TPSA) is 114 Å². The zero-order valence-electron chi connectivity index (χ0n) is 11.6. The number of fused-ring (bicyclic) bond motifs is 1. The zero-order valence-corrected chi connectivity index (χ0v) is 12.4. The van der Waals surface area contributed by atoms with Gasteiger partial charge in [0.2, 0.25) is 5.71 Å². The molecule has 4 N–H and O–H groups in total. The predicted octanol–water partition coefficient (Wildman–Crippen LogP) is 1.63. The summed E-state index contributed by atoms with van der Waals surface area (Å²) >= 11 is 1.64. The molecule has 1 aromatic rings. The molecule has 0 spiro atoms. The van der Waals surface area contributed by atoms with Gasteiger partial charge in [-0.05, 0) is 17.7 Å². The molecule has 3 rings (SSSR count). The minimum absolute atomic E-state index is 0.142. The number of anilines is 1. The summed E-state index contributed by atoms with van der Waals surface area (Å²) in [7, 11) is 0. The van der Waals surface area contributed by atoms with Crippen LogP contribution in [0.3, 0.4) is 0 Å². The average molecular weight is 311 g/mol. The monoisotopic (exact) mass is 311 g/mol. The molecule has 0 amide bonds. The molecule has 1 aromatic carbocycles. The lowest BCUT2D eigenvalue weighted by atomic mass is 10.1. The van der Waals surface area contributed by atoms with Crippen molar-refractivity contribution in [1.29, 1.82) is 10.7 Å². The first kappa shape index (κ1) is 14.2. The smallest absolute Gasteiger partial charge is 0.201 e. The second-order valence-corrected chi connectivity index (χ2v) is 5.45. The molecule has 2 heterocycles. The highest BCUT2D eigenvalue weighted by molar-refractivity contribution is 8.16. The van der Waals surface area contributed by atoms with E-state index in [4.69, 9.17) is 16.4 Å². The number of amidine groups is 2. The Hall–Kier alpha value is -2.79. The molecule has 0 aliphatic carbocycles. The van der Waals surface area contributed by atoms with Crippen LogP contribution in [0.25, 0.3) is 5.70 Å². The number of hydrazone groups is 1. The van der Waals surface area contributed by atoms with Crippen LogP contribution < -0.4 is 11.2 Å². The second kappa shape index (κ2) is 5.91. The van der Waals surface area contributed by atoms with Crippen LogP contribution in [0, 0.1) is 16.7 Å². The first-order chi connectivity index (χ1) is 10.7.